The Kier molecular flexibility index (Phi) is 4.17. The third-order valence-electron chi connectivity index (χ3n) is 2.18. The fraction of sp³-hybridized carbons (Fsp3) is 0.417. The molecule has 0 bridgehead atoms. The van der Waals surface area contributed by atoms with Gasteiger partial charge in [-0.1, -0.05) is 0 Å². The van der Waals surface area contributed by atoms with Crippen molar-refractivity contribution < 1.29 is 9.53 Å². The van der Waals surface area contributed by atoms with Crippen LogP contribution in [-0.2, 0) is 9.53 Å². The van der Waals surface area contributed by atoms with Gasteiger partial charge in [-0.3, -0.25) is 4.98 Å². The Labute approximate surface area is 95.4 Å². The van der Waals surface area contributed by atoms with Crippen LogP contribution in [0.25, 0.3) is 6.08 Å². The van der Waals surface area contributed by atoms with Crippen molar-refractivity contribution in [2.45, 2.75) is 27.7 Å². The molecule has 0 amide bonds. The lowest BCUT2D eigenvalue weighted by Crippen LogP contribution is -2.01. The standard InChI is InChI=1S/C12H16N2O2/c1-5-16-12(15)7-6-11-10(4)13-8(2)9(3)14-11/h6-7H,5H2,1-4H3/b7-6+. The van der Waals surface area contributed by atoms with E-state index in [9.17, 15) is 4.79 Å². The van der Waals surface area contributed by atoms with E-state index in [4.69, 9.17) is 4.74 Å². The van der Waals surface area contributed by atoms with Gasteiger partial charge >= 0.3 is 5.97 Å². The van der Waals surface area contributed by atoms with Gasteiger partial charge in [-0.05, 0) is 33.8 Å². The summed E-state index contributed by atoms with van der Waals surface area (Å²) in [6.07, 6.45) is 3.00. The van der Waals surface area contributed by atoms with Crippen LogP contribution >= 0.6 is 0 Å². The van der Waals surface area contributed by atoms with Crippen LogP contribution in [-0.4, -0.2) is 22.5 Å². The molecule has 0 aliphatic carbocycles. The Bertz CT molecular complexity index is 425. The van der Waals surface area contributed by atoms with Crippen LogP contribution in [0.3, 0.4) is 0 Å². The zero-order valence-electron chi connectivity index (χ0n) is 10.1. The second-order valence-electron chi connectivity index (χ2n) is 3.45. The van der Waals surface area contributed by atoms with Crippen LogP contribution in [0.15, 0.2) is 6.08 Å². The van der Waals surface area contributed by atoms with E-state index in [1.165, 1.54) is 6.08 Å². The Morgan fingerprint density at radius 2 is 1.81 bits per heavy atom. The lowest BCUT2D eigenvalue weighted by Gasteiger charge is -2.03. The highest BCUT2D eigenvalue weighted by molar-refractivity contribution is 5.86. The van der Waals surface area contributed by atoms with Gasteiger partial charge in [0.1, 0.15) is 0 Å². The number of rotatable bonds is 3. The molecule has 0 radical (unpaired) electrons. The second kappa shape index (κ2) is 5.39. The number of hydrogen-bond acceptors (Lipinski definition) is 4. The normalized spacial score (nSPS) is 10.8. The highest BCUT2D eigenvalue weighted by Crippen LogP contribution is 2.08. The van der Waals surface area contributed by atoms with Gasteiger partial charge in [0.2, 0.25) is 0 Å². The number of carbonyl (C=O) groups is 1. The number of aromatic nitrogens is 2. The molecule has 4 heteroatoms. The predicted molar refractivity (Wildman–Crippen MR) is 61.9 cm³/mol. The van der Waals surface area contributed by atoms with Crippen LogP contribution in [0, 0.1) is 20.8 Å². The summed E-state index contributed by atoms with van der Waals surface area (Å²) >= 11 is 0. The Morgan fingerprint density at radius 3 is 2.44 bits per heavy atom. The summed E-state index contributed by atoms with van der Waals surface area (Å²) in [6, 6.07) is 0. The number of hydrogen-bond donors (Lipinski definition) is 0. The number of nitrogens with zero attached hydrogens (tertiary/aromatic N) is 2. The van der Waals surface area contributed by atoms with Gasteiger partial charge in [0.25, 0.3) is 0 Å². The average Bonchev–Trinajstić information content (AvgIpc) is 2.22. The summed E-state index contributed by atoms with van der Waals surface area (Å²) < 4.78 is 4.78. The quantitative estimate of drug-likeness (QED) is 0.577. The number of ether oxygens (including phenoxy) is 1. The molecule has 0 atom stereocenters. The number of aryl methyl sites for hydroxylation is 3. The topological polar surface area (TPSA) is 52.1 Å². The molecule has 0 saturated carbocycles. The fourth-order valence-corrected chi connectivity index (χ4v) is 1.23. The third kappa shape index (κ3) is 3.15. The minimum Gasteiger partial charge on any atom is -0.463 e. The van der Waals surface area contributed by atoms with Crippen molar-refractivity contribution in [1.82, 2.24) is 9.97 Å². The molecule has 86 valence electrons. The molecule has 0 aromatic carbocycles. The maximum atomic E-state index is 11.1. The molecule has 4 nitrogen and oxygen atoms in total. The lowest BCUT2D eigenvalue weighted by molar-refractivity contribution is -0.137. The van der Waals surface area contributed by atoms with Gasteiger partial charge < -0.3 is 4.74 Å². The van der Waals surface area contributed by atoms with Gasteiger partial charge in [0.05, 0.1) is 29.4 Å². The molecular weight excluding hydrogens is 204 g/mol. The van der Waals surface area contributed by atoms with Crippen molar-refractivity contribution in [3.05, 3.63) is 28.9 Å². The van der Waals surface area contributed by atoms with E-state index in [-0.39, 0.29) is 5.97 Å². The SMILES string of the molecule is CCOC(=O)/C=C/c1nc(C)c(C)nc1C. The molecule has 0 N–H and O–H groups in total. The molecule has 0 fully saturated rings. The summed E-state index contributed by atoms with van der Waals surface area (Å²) in [6.45, 7) is 7.81. The first-order valence-electron chi connectivity index (χ1n) is 5.21. The molecule has 0 aliphatic rings. The maximum absolute atomic E-state index is 11.1. The van der Waals surface area contributed by atoms with Crippen LogP contribution in [0.4, 0.5) is 0 Å². The van der Waals surface area contributed by atoms with Crippen LogP contribution in [0.1, 0.15) is 29.7 Å². The number of carbonyl (C=O) groups excluding carboxylic acids is 1. The first-order chi connectivity index (χ1) is 7.54. The van der Waals surface area contributed by atoms with Crippen molar-refractivity contribution in [2.75, 3.05) is 6.61 Å². The van der Waals surface area contributed by atoms with E-state index in [0.717, 1.165) is 17.1 Å². The van der Waals surface area contributed by atoms with E-state index in [0.29, 0.717) is 12.3 Å². The molecule has 1 aromatic rings. The van der Waals surface area contributed by atoms with E-state index in [1.54, 1.807) is 13.0 Å². The molecule has 0 saturated heterocycles. The molecular formula is C12H16N2O2. The summed E-state index contributed by atoms with van der Waals surface area (Å²) in [5, 5.41) is 0. The van der Waals surface area contributed by atoms with Crippen molar-refractivity contribution in [2.24, 2.45) is 0 Å². The van der Waals surface area contributed by atoms with Gasteiger partial charge in [-0.15, -0.1) is 0 Å². The molecule has 1 aromatic heterocycles. The van der Waals surface area contributed by atoms with E-state index >= 15 is 0 Å². The summed E-state index contributed by atoms with van der Waals surface area (Å²) in [4.78, 5) is 19.8. The summed E-state index contributed by atoms with van der Waals surface area (Å²) in [5.74, 6) is -0.359. The highest BCUT2D eigenvalue weighted by atomic mass is 16.5. The van der Waals surface area contributed by atoms with E-state index in [1.807, 2.05) is 20.8 Å². The van der Waals surface area contributed by atoms with Crippen molar-refractivity contribution in [3.8, 4) is 0 Å². The molecule has 16 heavy (non-hydrogen) atoms. The summed E-state index contributed by atoms with van der Waals surface area (Å²) in [7, 11) is 0. The zero-order valence-corrected chi connectivity index (χ0v) is 10.1. The molecule has 0 aliphatic heterocycles. The fourth-order valence-electron chi connectivity index (χ4n) is 1.23. The largest absolute Gasteiger partial charge is 0.463 e. The zero-order chi connectivity index (χ0) is 12.1. The highest BCUT2D eigenvalue weighted by Gasteiger charge is 2.03. The van der Waals surface area contributed by atoms with Gasteiger partial charge in [0, 0.05) is 6.08 Å². The lowest BCUT2D eigenvalue weighted by atomic mass is 10.2. The minimum atomic E-state index is -0.359. The minimum absolute atomic E-state index is 0.359. The Balaban J connectivity index is 2.89. The van der Waals surface area contributed by atoms with Crippen molar-refractivity contribution in [3.63, 3.8) is 0 Å². The summed E-state index contributed by atoms with van der Waals surface area (Å²) in [5.41, 5.74) is 3.29. The second-order valence-corrected chi connectivity index (χ2v) is 3.45. The van der Waals surface area contributed by atoms with E-state index in [2.05, 4.69) is 9.97 Å². The molecule has 0 spiro atoms. The van der Waals surface area contributed by atoms with Crippen LogP contribution in [0.5, 0.6) is 0 Å². The molecule has 0 unspecified atom stereocenters. The number of esters is 1. The van der Waals surface area contributed by atoms with Gasteiger partial charge in [-0.25, -0.2) is 9.78 Å². The average molecular weight is 220 g/mol. The third-order valence-corrected chi connectivity index (χ3v) is 2.18. The first kappa shape index (κ1) is 12.4. The Hall–Kier alpha value is -1.71. The van der Waals surface area contributed by atoms with Gasteiger partial charge in [-0.2, -0.15) is 0 Å². The van der Waals surface area contributed by atoms with Crippen LogP contribution < -0.4 is 0 Å². The molecule has 1 heterocycles. The predicted octanol–water partition coefficient (Wildman–Crippen LogP) is 1.98. The van der Waals surface area contributed by atoms with Crippen molar-refractivity contribution >= 4 is 12.0 Å². The monoisotopic (exact) mass is 220 g/mol. The smallest absolute Gasteiger partial charge is 0.330 e. The van der Waals surface area contributed by atoms with Gasteiger partial charge in [0.15, 0.2) is 0 Å². The Morgan fingerprint density at radius 1 is 1.19 bits per heavy atom. The van der Waals surface area contributed by atoms with E-state index < -0.39 is 0 Å². The van der Waals surface area contributed by atoms with Crippen LogP contribution in [0.2, 0.25) is 0 Å². The first-order valence-corrected chi connectivity index (χ1v) is 5.21. The van der Waals surface area contributed by atoms with Crippen molar-refractivity contribution in [1.29, 1.82) is 0 Å². The molecule has 1 rings (SSSR count). The maximum Gasteiger partial charge on any atom is 0.330 e.